The number of piperidine rings is 1. The highest BCUT2D eigenvalue weighted by Gasteiger charge is 2.23. The van der Waals surface area contributed by atoms with Gasteiger partial charge in [-0.05, 0) is 49.2 Å². The van der Waals surface area contributed by atoms with Crippen molar-refractivity contribution in [3.63, 3.8) is 0 Å². The van der Waals surface area contributed by atoms with Crippen molar-refractivity contribution in [3.8, 4) is 0 Å². The van der Waals surface area contributed by atoms with E-state index >= 15 is 0 Å². The zero-order valence-corrected chi connectivity index (χ0v) is 16.5. The molecule has 0 saturated carbocycles. The summed E-state index contributed by atoms with van der Waals surface area (Å²) in [4.78, 5) is 38.4. The van der Waals surface area contributed by atoms with Gasteiger partial charge in [0.1, 0.15) is 5.58 Å². The minimum atomic E-state index is -0.481. The average molecular weight is 405 g/mol. The maximum atomic E-state index is 12.5. The predicted octanol–water partition coefficient (Wildman–Crippen LogP) is 2.74. The van der Waals surface area contributed by atoms with Crippen LogP contribution in [0.2, 0.25) is 0 Å². The number of para-hydroxylation sites is 1. The quantitative estimate of drug-likeness (QED) is 0.679. The highest BCUT2D eigenvalue weighted by molar-refractivity contribution is 6.02. The van der Waals surface area contributed by atoms with Crippen molar-refractivity contribution in [2.75, 3.05) is 18.4 Å². The summed E-state index contributed by atoms with van der Waals surface area (Å²) in [5.41, 5.74) is 7.25. The molecule has 0 radical (unpaired) electrons. The Hall–Kier alpha value is -3.45. The van der Waals surface area contributed by atoms with Crippen LogP contribution < -0.4 is 16.5 Å². The number of primary amides is 1. The lowest BCUT2D eigenvalue weighted by Gasteiger charge is -2.31. The molecule has 3 aromatic rings. The second kappa shape index (κ2) is 8.51. The van der Waals surface area contributed by atoms with Gasteiger partial charge in [0.05, 0.1) is 11.3 Å². The predicted molar refractivity (Wildman–Crippen MR) is 114 cm³/mol. The summed E-state index contributed by atoms with van der Waals surface area (Å²) in [7, 11) is 0. The first-order valence-corrected chi connectivity index (χ1v) is 9.94. The third kappa shape index (κ3) is 4.41. The van der Waals surface area contributed by atoms with E-state index in [0.717, 1.165) is 31.5 Å². The molecule has 1 saturated heterocycles. The first-order chi connectivity index (χ1) is 14.5. The van der Waals surface area contributed by atoms with Crippen LogP contribution in [-0.2, 0) is 11.3 Å². The van der Waals surface area contributed by atoms with E-state index in [0.29, 0.717) is 23.2 Å². The third-order valence-corrected chi connectivity index (χ3v) is 5.38. The standard InChI is InChI=1S/C23H23N3O4/c24-22(28)16-4-3-11-26(14-16)13-15-7-9-17(10-8-15)25-23(29)21-12-19(27)18-5-1-2-6-20(18)30-21/h1-2,5-10,12,16H,3-4,11,13-14H2,(H2,24,28)(H,25,29). The van der Waals surface area contributed by atoms with Gasteiger partial charge in [-0.25, -0.2) is 0 Å². The number of likely N-dealkylation sites (tertiary alicyclic amines) is 1. The summed E-state index contributed by atoms with van der Waals surface area (Å²) in [5.74, 6) is -0.841. The Kier molecular flexibility index (Phi) is 5.63. The van der Waals surface area contributed by atoms with Crippen LogP contribution >= 0.6 is 0 Å². The largest absolute Gasteiger partial charge is 0.451 e. The maximum Gasteiger partial charge on any atom is 0.291 e. The SMILES string of the molecule is NC(=O)C1CCCN(Cc2ccc(NC(=O)c3cc(=O)c4ccccc4o3)cc2)C1. The van der Waals surface area contributed by atoms with Crippen LogP contribution in [0.5, 0.6) is 0 Å². The number of amides is 2. The van der Waals surface area contributed by atoms with E-state index in [1.54, 1.807) is 24.3 Å². The molecule has 1 unspecified atom stereocenters. The van der Waals surface area contributed by atoms with Gasteiger partial charge in [0, 0.05) is 24.8 Å². The van der Waals surface area contributed by atoms with Crippen LogP contribution in [-0.4, -0.2) is 29.8 Å². The molecule has 7 heteroatoms. The van der Waals surface area contributed by atoms with Crippen LogP contribution in [0.1, 0.15) is 29.0 Å². The molecule has 1 aliphatic rings. The van der Waals surface area contributed by atoms with E-state index < -0.39 is 5.91 Å². The lowest BCUT2D eigenvalue weighted by atomic mass is 9.97. The molecule has 0 spiro atoms. The van der Waals surface area contributed by atoms with Crippen molar-refractivity contribution in [1.82, 2.24) is 4.90 Å². The first-order valence-electron chi connectivity index (χ1n) is 9.94. The number of rotatable bonds is 5. The first kappa shape index (κ1) is 19.8. The Morgan fingerprint density at radius 3 is 2.67 bits per heavy atom. The number of nitrogens with zero attached hydrogens (tertiary/aromatic N) is 1. The van der Waals surface area contributed by atoms with Crippen molar-refractivity contribution in [2.45, 2.75) is 19.4 Å². The van der Waals surface area contributed by atoms with Crippen LogP contribution in [0.25, 0.3) is 11.0 Å². The van der Waals surface area contributed by atoms with Gasteiger partial charge in [-0.3, -0.25) is 19.3 Å². The normalized spacial score (nSPS) is 17.0. The van der Waals surface area contributed by atoms with E-state index in [9.17, 15) is 14.4 Å². The number of fused-ring (bicyclic) bond motifs is 1. The molecule has 3 N–H and O–H groups in total. The van der Waals surface area contributed by atoms with Crippen LogP contribution in [0, 0.1) is 5.92 Å². The number of anilines is 1. The van der Waals surface area contributed by atoms with Gasteiger partial charge in [-0.2, -0.15) is 0 Å². The Morgan fingerprint density at radius 2 is 1.90 bits per heavy atom. The van der Waals surface area contributed by atoms with E-state index in [1.807, 2.05) is 24.3 Å². The number of benzene rings is 2. The Morgan fingerprint density at radius 1 is 1.13 bits per heavy atom. The molecule has 2 heterocycles. The van der Waals surface area contributed by atoms with Crippen molar-refractivity contribution >= 4 is 28.5 Å². The number of hydrogen-bond acceptors (Lipinski definition) is 5. The monoisotopic (exact) mass is 405 g/mol. The van der Waals surface area contributed by atoms with Gasteiger partial charge in [0.2, 0.25) is 5.91 Å². The molecule has 1 aliphatic heterocycles. The number of carbonyl (C=O) groups excluding carboxylic acids is 2. The fourth-order valence-corrected chi connectivity index (χ4v) is 3.79. The van der Waals surface area contributed by atoms with Crippen molar-refractivity contribution in [3.05, 3.63) is 76.1 Å². The summed E-state index contributed by atoms with van der Waals surface area (Å²) in [5, 5.41) is 3.20. The third-order valence-electron chi connectivity index (χ3n) is 5.38. The van der Waals surface area contributed by atoms with Crippen LogP contribution in [0.15, 0.2) is 63.8 Å². The number of nitrogens with one attached hydrogen (secondary N) is 1. The highest BCUT2D eigenvalue weighted by Crippen LogP contribution is 2.20. The van der Waals surface area contributed by atoms with Gasteiger partial charge >= 0.3 is 0 Å². The minimum absolute atomic E-state index is 0.0337. The topological polar surface area (TPSA) is 106 Å². The van der Waals surface area contributed by atoms with Gasteiger partial charge < -0.3 is 15.5 Å². The fourth-order valence-electron chi connectivity index (χ4n) is 3.79. The Bertz CT molecular complexity index is 1140. The molecule has 154 valence electrons. The molecule has 30 heavy (non-hydrogen) atoms. The minimum Gasteiger partial charge on any atom is -0.451 e. The van der Waals surface area contributed by atoms with Crippen molar-refractivity contribution in [1.29, 1.82) is 0 Å². The maximum absolute atomic E-state index is 12.5. The molecule has 1 fully saturated rings. The lowest BCUT2D eigenvalue weighted by Crippen LogP contribution is -2.40. The number of hydrogen-bond donors (Lipinski definition) is 2. The molecule has 0 bridgehead atoms. The summed E-state index contributed by atoms with van der Waals surface area (Å²) in [6.07, 6.45) is 1.81. The highest BCUT2D eigenvalue weighted by atomic mass is 16.3. The van der Waals surface area contributed by atoms with Crippen LogP contribution in [0.4, 0.5) is 5.69 Å². The van der Waals surface area contributed by atoms with E-state index in [4.69, 9.17) is 10.2 Å². The summed E-state index contributed by atoms with van der Waals surface area (Å²) < 4.78 is 5.57. The zero-order chi connectivity index (χ0) is 21.1. The van der Waals surface area contributed by atoms with Gasteiger partial charge in [-0.15, -0.1) is 0 Å². The summed E-state index contributed by atoms with van der Waals surface area (Å²) in [6, 6.07) is 15.5. The second-order valence-electron chi connectivity index (χ2n) is 7.60. The molecular weight excluding hydrogens is 382 g/mol. The number of carbonyl (C=O) groups is 2. The second-order valence-corrected chi connectivity index (χ2v) is 7.60. The van der Waals surface area contributed by atoms with Gasteiger partial charge in [-0.1, -0.05) is 24.3 Å². The molecule has 1 aromatic heterocycles. The molecule has 4 rings (SSSR count). The molecule has 1 atom stereocenters. The molecule has 7 nitrogen and oxygen atoms in total. The molecule has 2 aromatic carbocycles. The average Bonchev–Trinajstić information content (AvgIpc) is 2.75. The van der Waals surface area contributed by atoms with Crippen molar-refractivity contribution < 1.29 is 14.0 Å². The van der Waals surface area contributed by atoms with Gasteiger partial charge in [0.25, 0.3) is 5.91 Å². The van der Waals surface area contributed by atoms with E-state index in [2.05, 4.69) is 10.2 Å². The smallest absolute Gasteiger partial charge is 0.291 e. The van der Waals surface area contributed by atoms with Crippen LogP contribution in [0.3, 0.4) is 0 Å². The van der Waals surface area contributed by atoms with Crippen molar-refractivity contribution in [2.24, 2.45) is 11.7 Å². The zero-order valence-electron chi connectivity index (χ0n) is 16.5. The summed E-state index contributed by atoms with van der Waals surface area (Å²) >= 11 is 0. The Labute approximate surface area is 173 Å². The molecule has 0 aliphatic carbocycles. The van der Waals surface area contributed by atoms with E-state index in [1.165, 1.54) is 6.07 Å². The van der Waals surface area contributed by atoms with Gasteiger partial charge in [0.15, 0.2) is 11.2 Å². The fraction of sp³-hybridized carbons (Fsp3) is 0.261. The lowest BCUT2D eigenvalue weighted by molar-refractivity contribution is -0.123. The van der Waals surface area contributed by atoms with E-state index in [-0.39, 0.29) is 23.0 Å². The number of nitrogens with two attached hydrogens (primary N) is 1. The molecular formula is C23H23N3O4. The summed E-state index contributed by atoms with van der Waals surface area (Å²) in [6.45, 7) is 2.33. The Balaban J connectivity index is 1.42. The molecule has 2 amide bonds.